The number of carbonyl (C=O) groups is 2. The molecular formula is C29H25BrN2O4. The number of carboxylic acids is 1. The third kappa shape index (κ3) is 4.79. The topological polar surface area (TPSA) is 71.8 Å². The van der Waals surface area contributed by atoms with Gasteiger partial charge in [-0.15, -0.1) is 0 Å². The molecule has 1 aliphatic rings. The van der Waals surface area contributed by atoms with Crippen LogP contribution in [0.15, 0.2) is 83.3 Å². The maximum Gasteiger partial charge on any atom is 0.335 e. The first kappa shape index (κ1) is 23.9. The van der Waals surface area contributed by atoms with Gasteiger partial charge in [0.15, 0.2) is 0 Å². The number of hydrogen-bond acceptors (Lipinski definition) is 3. The number of ether oxygens (including phenoxy) is 1. The number of aromatic carboxylic acids is 1. The predicted molar refractivity (Wildman–Crippen MR) is 143 cm³/mol. The minimum atomic E-state index is -1.04. The Bertz CT molecular complexity index is 1450. The number of amides is 1. The van der Waals surface area contributed by atoms with Gasteiger partial charge < -0.3 is 19.3 Å². The van der Waals surface area contributed by atoms with Gasteiger partial charge in [-0.1, -0.05) is 46.3 Å². The van der Waals surface area contributed by atoms with E-state index in [-0.39, 0.29) is 11.5 Å². The lowest BCUT2D eigenvalue weighted by Crippen LogP contribution is -2.24. The molecule has 6 nitrogen and oxygen atoms in total. The second-order valence-corrected chi connectivity index (χ2v) is 9.72. The third-order valence-corrected chi connectivity index (χ3v) is 6.82. The third-order valence-electron chi connectivity index (χ3n) is 6.32. The zero-order valence-electron chi connectivity index (χ0n) is 19.8. The summed E-state index contributed by atoms with van der Waals surface area (Å²) in [4.78, 5) is 26.1. The van der Waals surface area contributed by atoms with Crippen molar-refractivity contribution in [3.8, 4) is 22.7 Å². The lowest BCUT2D eigenvalue weighted by atomic mass is 10.1. The Morgan fingerprint density at radius 2 is 1.78 bits per heavy atom. The van der Waals surface area contributed by atoms with Gasteiger partial charge in [0.05, 0.1) is 11.3 Å². The number of carboxylic acid groups (broad SMARTS) is 1. The number of halogens is 1. The van der Waals surface area contributed by atoms with Gasteiger partial charge >= 0.3 is 5.97 Å². The summed E-state index contributed by atoms with van der Waals surface area (Å²) in [5.74, 6) is -0.312. The second-order valence-electron chi connectivity index (χ2n) is 8.80. The minimum Gasteiger partial charge on any atom is -0.488 e. The molecule has 1 saturated heterocycles. The molecule has 0 unspecified atom stereocenters. The van der Waals surface area contributed by atoms with E-state index in [4.69, 9.17) is 4.74 Å². The van der Waals surface area contributed by atoms with Crippen molar-refractivity contribution in [1.82, 2.24) is 4.57 Å². The average molecular weight is 545 g/mol. The van der Waals surface area contributed by atoms with Gasteiger partial charge in [0.2, 0.25) is 5.91 Å². The van der Waals surface area contributed by atoms with Crippen LogP contribution in [0.1, 0.15) is 34.5 Å². The number of aromatic nitrogens is 1. The van der Waals surface area contributed by atoms with E-state index in [9.17, 15) is 14.7 Å². The Morgan fingerprint density at radius 3 is 2.50 bits per heavy atom. The van der Waals surface area contributed by atoms with Crippen LogP contribution in [0.25, 0.3) is 16.9 Å². The van der Waals surface area contributed by atoms with Crippen molar-refractivity contribution in [3.63, 3.8) is 0 Å². The van der Waals surface area contributed by atoms with Gasteiger partial charge in [-0.2, -0.15) is 0 Å². The number of hydrogen-bond donors (Lipinski definition) is 1. The fraction of sp³-hybridized carbons (Fsp3) is 0.172. The zero-order chi connectivity index (χ0) is 25.2. The number of benzene rings is 3. The van der Waals surface area contributed by atoms with Crippen molar-refractivity contribution >= 4 is 33.5 Å². The molecule has 0 radical (unpaired) electrons. The van der Waals surface area contributed by atoms with Crippen LogP contribution in [0.3, 0.4) is 0 Å². The van der Waals surface area contributed by atoms with Gasteiger partial charge in [-0.25, -0.2) is 4.79 Å². The highest BCUT2D eigenvalue weighted by Gasteiger charge is 2.24. The summed E-state index contributed by atoms with van der Waals surface area (Å²) in [5, 5.41) is 9.82. The molecule has 2 heterocycles. The molecule has 1 aromatic heterocycles. The molecule has 7 heteroatoms. The largest absolute Gasteiger partial charge is 0.488 e. The van der Waals surface area contributed by atoms with Crippen LogP contribution in [0.5, 0.6) is 5.75 Å². The van der Waals surface area contributed by atoms with Gasteiger partial charge in [-0.05, 0) is 67.4 Å². The van der Waals surface area contributed by atoms with Gasteiger partial charge in [0.25, 0.3) is 0 Å². The molecule has 1 fully saturated rings. The molecule has 0 spiro atoms. The molecule has 0 bridgehead atoms. The summed E-state index contributed by atoms with van der Waals surface area (Å²) >= 11 is 3.58. The van der Waals surface area contributed by atoms with E-state index in [2.05, 4.69) is 15.9 Å². The average Bonchev–Trinajstić information content (AvgIpc) is 3.48. The van der Waals surface area contributed by atoms with Crippen molar-refractivity contribution in [2.45, 2.75) is 26.4 Å². The Balaban J connectivity index is 1.60. The normalized spacial score (nSPS) is 13.3. The van der Waals surface area contributed by atoms with E-state index < -0.39 is 5.97 Å². The number of aryl methyl sites for hydroxylation is 1. The van der Waals surface area contributed by atoms with Gasteiger partial charge in [-0.3, -0.25) is 4.79 Å². The van der Waals surface area contributed by atoms with Crippen molar-refractivity contribution < 1.29 is 19.4 Å². The molecule has 1 amide bonds. The van der Waals surface area contributed by atoms with Crippen LogP contribution in [0.4, 0.5) is 5.69 Å². The smallest absolute Gasteiger partial charge is 0.335 e. The number of rotatable bonds is 7. The molecule has 36 heavy (non-hydrogen) atoms. The van der Waals surface area contributed by atoms with Crippen LogP contribution in [-0.4, -0.2) is 28.1 Å². The Hall–Kier alpha value is -3.84. The summed E-state index contributed by atoms with van der Waals surface area (Å²) in [6.45, 7) is 2.98. The van der Waals surface area contributed by atoms with Crippen molar-refractivity contribution in [3.05, 3.63) is 100 Å². The maximum absolute atomic E-state index is 12.4. The highest BCUT2D eigenvalue weighted by molar-refractivity contribution is 9.10. The molecule has 3 aromatic carbocycles. The molecular weight excluding hydrogens is 520 g/mol. The summed E-state index contributed by atoms with van der Waals surface area (Å²) < 4.78 is 9.14. The molecule has 0 atom stereocenters. The molecule has 5 rings (SSSR count). The Labute approximate surface area is 217 Å². The van der Waals surface area contributed by atoms with Crippen LogP contribution in [0.2, 0.25) is 0 Å². The van der Waals surface area contributed by atoms with Crippen LogP contribution < -0.4 is 9.64 Å². The Kier molecular flexibility index (Phi) is 6.65. The van der Waals surface area contributed by atoms with E-state index in [0.29, 0.717) is 36.7 Å². The van der Waals surface area contributed by atoms with Crippen LogP contribution >= 0.6 is 15.9 Å². The predicted octanol–water partition coefficient (Wildman–Crippen LogP) is 6.62. The standard InChI is InChI=1S/C29H25BrN2O4/c1-19-9-11-26(25-16-22(30)10-12-27(25)36-18-20-6-3-2-4-7-20)32(19)24-15-21(29(34)35)14-23(17-24)31-13-5-8-28(31)33/h2-4,6-7,9-12,14-17H,5,8,13,18H2,1H3,(H,34,35). The first-order chi connectivity index (χ1) is 17.4. The fourth-order valence-electron chi connectivity index (χ4n) is 4.58. The quantitative estimate of drug-likeness (QED) is 0.283. The number of carbonyl (C=O) groups excluding carboxylic acids is 1. The van der Waals surface area contributed by atoms with Crippen molar-refractivity contribution in [2.75, 3.05) is 11.4 Å². The Morgan fingerprint density at radius 1 is 1.00 bits per heavy atom. The first-order valence-electron chi connectivity index (χ1n) is 11.7. The van der Waals surface area contributed by atoms with E-state index >= 15 is 0 Å². The fourth-order valence-corrected chi connectivity index (χ4v) is 4.94. The molecule has 1 N–H and O–H groups in total. The highest BCUT2D eigenvalue weighted by Crippen LogP contribution is 2.37. The number of anilines is 1. The van der Waals surface area contributed by atoms with E-state index in [0.717, 1.165) is 33.4 Å². The summed E-state index contributed by atoms with van der Waals surface area (Å²) in [5.41, 5.74) is 5.13. The zero-order valence-corrected chi connectivity index (χ0v) is 21.4. The second kappa shape index (κ2) is 10.0. The lowest BCUT2D eigenvalue weighted by Gasteiger charge is -2.20. The van der Waals surface area contributed by atoms with Crippen molar-refractivity contribution in [2.24, 2.45) is 0 Å². The first-order valence-corrected chi connectivity index (χ1v) is 12.5. The monoisotopic (exact) mass is 544 g/mol. The molecule has 182 valence electrons. The lowest BCUT2D eigenvalue weighted by molar-refractivity contribution is -0.117. The van der Waals surface area contributed by atoms with E-state index in [1.54, 1.807) is 17.0 Å². The van der Waals surface area contributed by atoms with Crippen LogP contribution in [0, 0.1) is 6.92 Å². The molecule has 0 saturated carbocycles. The van der Waals surface area contributed by atoms with Crippen LogP contribution in [-0.2, 0) is 11.4 Å². The van der Waals surface area contributed by atoms with E-state index in [1.165, 1.54) is 0 Å². The molecule has 1 aliphatic heterocycles. The summed E-state index contributed by atoms with van der Waals surface area (Å²) in [7, 11) is 0. The van der Waals surface area contributed by atoms with E-state index in [1.807, 2.05) is 78.2 Å². The minimum absolute atomic E-state index is 0.0107. The van der Waals surface area contributed by atoms with Gasteiger partial charge in [0.1, 0.15) is 12.4 Å². The number of nitrogens with zero attached hydrogens (tertiary/aromatic N) is 2. The highest BCUT2D eigenvalue weighted by atomic mass is 79.9. The molecule has 0 aliphatic carbocycles. The van der Waals surface area contributed by atoms with Gasteiger partial charge in [0, 0.05) is 40.1 Å². The summed E-state index contributed by atoms with van der Waals surface area (Å²) in [6, 6.07) is 24.9. The van der Waals surface area contributed by atoms with Crippen molar-refractivity contribution in [1.29, 1.82) is 0 Å². The SMILES string of the molecule is Cc1ccc(-c2cc(Br)ccc2OCc2ccccc2)n1-c1cc(C(=O)O)cc(N2CCCC2=O)c1. The maximum atomic E-state index is 12.4. The molecule has 4 aromatic rings. The summed E-state index contributed by atoms with van der Waals surface area (Å²) in [6.07, 6.45) is 1.24.